The molecule has 4 N–H and O–H groups in total. The molecule has 1 heterocycles. The highest BCUT2D eigenvalue weighted by Crippen LogP contribution is 2.07. The zero-order valence-electron chi connectivity index (χ0n) is 10.9. The first kappa shape index (κ1) is 14.9. The van der Waals surface area contributed by atoms with Crippen LogP contribution >= 0.6 is 0 Å². The fourth-order valence-corrected chi connectivity index (χ4v) is 1.63. The minimum absolute atomic E-state index is 0.0409. The molecule has 0 saturated heterocycles. The Morgan fingerprint density at radius 3 is 2.74 bits per heavy atom. The molecule has 1 amide bonds. The summed E-state index contributed by atoms with van der Waals surface area (Å²) >= 11 is 0. The molecular weight excluding hydrogens is 246 g/mol. The summed E-state index contributed by atoms with van der Waals surface area (Å²) in [4.78, 5) is 26.3. The summed E-state index contributed by atoms with van der Waals surface area (Å²) in [5.74, 6) is -1.05. The normalized spacial score (nSPS) is 11.8. The van der Waals surface area contributed by atoms with Gasteiger partial charge in [0, 0.05) is 18.7 Å². The Morgan fingerprint density at radius 2 is 2.21 bits per heavy atom. The van der Waals surface area contributed by atoms with Crippen molar-refractivity contribution in [2.45, 2.75) is 26.2 Å². The van der Waals surface area contributed by atoms with Crippen LogP contribution in [0.1, 0.15) is 25.5 Å². The van der Waals surface area contributed by atoms with Gasteiger partial charge in [0.15, 0.2) is 0 Å². The molecule has 0 fully saturated rings. The Bertz CT molecular complexity index is 431. The second-order valence-corrected chi connectivity index (χ2v) is 4.44. The van der Waals surface area contributed by atoms with Crippen LogP contribution in [-0.2, 0) is 16.0 Å². The number of carbonyl (C=O) groups excluding carboxylic acids is 1. The molecule has 6 heteroatoms. The molecule has 1 aromatic heterocycles. The predicted octanol–water partition coefficient (Wildman–Crippen LogP) is 0.823. The van der Waals surface area contributed by atoms with E-state index in [1.165, 1.54) is 6.20 Å². The standard InChI is InChI=1S/C13H19N3O3/c1-2-9(5-13(18)19)7-16-12(17)6-11-4-3-10(14)8-15-11/h3-4,8-9H,2,5-7,14H2,1H3,(H,16,17)(H,18,19). The Hall–Kier alpha value is -2.11. The fraction of sp³-hybridized carbons (Fsp3) is 0.462. The summed E-state index contributed by atoms with van der Waals surface area (Å²) in [7, 11) is 0. The van der Waals surface area contributed by atoms with E-state index in [1.807, 2.05) is 6.92 Å². The van der Waals surface area contributed by atoms with E-state index in [4.69, 9.17) is 10.8 Å². The van der Waals surface area contributed by atoms with Crippen LogP contribution in [0.5, 0.6) is 0 Å². The number of aromatic nitrogens is 1. The van der Waals surface area contributed by atoms with Crippen molar-refractivity contribution in [2.75, 3.05) is 12.3 Å². The molecule has 0 spiro atoms. The third-order valence-corrected chi connectivity index (χ3v) is 2.82. The topological polar surface area (TPSA) is 105 Å². The lowest BCUT2D eigenvalue weighted by Gasteiger charge is -2.13. The maximum absolute atomic E-state index is 11.7. The fourth-order valence-electron chi connectivity index (χ4n) is 1.63. The molecule has 0 aliphatic rings. The first-order chi connectivity index (χ1) is 9.01. The quantitative estimate of drug-likeness (QED) is 0.677. The number of hydrogen-bond acceptors (Lipinski definition) is 4. The molecule has 1 rings (SSSR count). The average molecular weight is 265 g/mol. The summed E-state index contributed by atoms with van der Waals surface area (Å²) in [6.07, 6.45) is 2.45. The second-order valence-electron chi connectivity index (χ2n) is 4.44. The first-order valence-electron chi connectivity index (χ1n) is 6.20. The number of rotatable bonds is 7. The largest absolute Gasteiger partial charge is 0.481 e. The molecule has 104 valence electrons. The number of anilines is 1. The average Bonchev–Trinajstić information content (AvgIpc) is 2.37. The molecule has 19 heavy (non-hydrogen) atoms. The molecule has 0 aliphatic carbocycles. The van der Waals surface area contributed by atoms with Gasteiger partial charge in [-0.15, -0.1) is 0 Å². The molecule has 0 aliphatic heterocycles. The van der Waals surface area contributed by atoms with Crippen LogP contribution in [0.4, 0.5) is 5.69 Å². The van der Waals surface area contributed by atoms with Gasteiger partial charge in [-0.25, -0.2) is 0 Å². The van der Waals surface area contributed by atoms with E-state index in [0.717, 1.165) is 0 Å². The van der Waals surface area contributed by atoms with Gasteiger partial charge in [-0.05, 0) is 18.1 Å². The van der Waals surface area contributed by atoms with E-state index in [0.29, 0.717) is 24.3 Å². The van der Waals surface area contributed by atoms with E-state index in [2.05, 4.69) is 10.3 Å². The van der Waals surface area contributed by atoms with Crippen molar-refractivity contribution in [3.05, 3.63) is 24.0 Å². The number of nitrogens with one attached hydrogen (secondary N) is 1. The van der Waals surface area contributed by atoms with Crippen molar-refractivity contribution in [1.29, 1.82) is 0 Å². The van der Waals surface area contributed by atoms with Gasteiger partial charge in [0.2, 0.25) is 5.91 Å². The van der Waals surface area contributed by atoms with Gasteiger partial charge >= 0.3 is 5.97 Å². The SMILES string of the molecule is CCC(CNC(=O)Cc1ccc(N)cn1)CC(=O)O. The third kappa shape index (κ3) is 5.85. The predicted molar refractivity (Wildman–Crippen MR) is 71.4 cm³/mol. The van der Waals surface area contributed by atoms with E-state index in [9.17, 15) is 9.59 Å². The van der Waals surface area contributed by atoms with Gasteiger partial charge < -0.3 is 16.2 Å². The smallest absolute Gasteiger partial charge is 0.303 e. The molecule has 6 nitrogen and oxygen atoms in total. The lowest BCUT2D eigenvalue weighted by molar-refractivity contribution is -0.138. The molecule has 0 saturated carbocycles. The summed E-state index contributed by atoms with van der Waals surface area (Å²) in [5.41, 5.74) is 6.69. The summed E-state index contributed by atoms with van der Waals surface area (Å²) in [6, 6.07) is 3.39. The maximum Gasteiger partial charge on any atom is 0.303 e. The lowest BCUT2D eigenvalue weighted by Crippen LogP contribution is -2.31. The Morgan fingerprint density at radius 1 is 1.47 bits per heavy atom. The zero-order valence-corrected chi connectivity index (χ0v) is 10.9. The van der Waals surface area contributed by atoms with Crippen molar-refractivity contribution >= 4 is 17.6 Å². The second kappa shape index (κ2) is 7.35. The monoisotopic (exact) mass is 265 g/mol. The molecule has 0 radical (unpaired) electrons. The number of nitrogens with two attached hydrogens (primary N) is 1. The molecule has 1 aromatic rings. The van der Waals surface area contributed by atoms with Crippen molar-refractivity contribution < 1.29 is 14.7 Å². The Kier molecular flexibility index (Phi) is 5.78. The number of hydrogen-bond donors (Lipinski definition) is 3. The summed E-state index contributed by atoms with van der Waals surface area (Å²) < 4.78 is 0. The van der Waals surface area contributed by atoms with E-state index >= 15 is 0 Å². The minimum Gasteiger partial charge on any atom is -0.481 e. The van der Waals surface area contributed by atoms with E-state index in [-0.39, 0.29) is 24.7 Å². The van der Waals surface area contributed by atoms with Gasteiger partial charge in [-0.2, -0.15) is 0 Å². The maximum atomic E-state index is 11.7. The number of carboxylic acids is 1. The summed E-state index contributed by atoms with van der Waals surface area (Å²) in [5, 5.41) is 11.4. The van der Waals surface area contributed by atoms with Gasteiger partial charge in [0.05, 0.1) is 18.3 Å². The number of carboxylic acid groups (broad SMARTS) is 1. The van der Waals surface area contributed by atoms with Crippen molar-refractivity contribution in [1.82, 2.24) is 10.3 Å². The van der Waals surface area contributed by atoms with Crippen LogP contribution in [-0.4, -0.2) is 28.5 Å². The molecular formula is C13H19N3O3. The summed E-state index contributed by atoms with van der Waals surface area (Å²) in [6.45, 7) is 2.28. The highest BCUT2D eigenvalue weighted by molar-refractivity contribution is 5.78. The van der Waals surface area contributed by atoms with Crippen LogP contribution in [0.2, 0.25) is 0 Å². The number of aliphatic carboxylic acids is 1. The van der Waals surface area contributed by atoms with Crippen molar-refractivity contribution in [2.24, 2.45) is 5.92 Å². The molecule has 1 unspecified atom stereocenters. The Balaban J connectivity index is 2.38. The highest BCUT2D eigenvalue weighted by Gasteiger charge is 2.12. The van der Waals surface area contributed by atoms with Gasteiger partial charge in [-0.3, -0.25) is 14.6 Å². The van der Waals surface area contributed by atoms with Crippen LogP contribution in [0.25, 0.3) is 0 Å². The van der Waals surface area contributed by atoms with Gasteiger partial charge in [0.1, 0.15) is 0 Å². The number of nitrogen functional groups attached to an aromatic ring is 1. The lowest BCUT2D eigenvalue weighted by atomic mass is 10.0. The van der Waals surface area contributed by atoms with E-state index < -0.39 is 5.97 Å². The number of pyridine rings is 1. The molecule has 0 bridgehead atoms. The third-order valence-electron chi connectivity index (χ3n) is 2.82. The van der Waals surface area contributed by atoms with E-state index in [1.54, 1.807) is 12.1 Å². The number of carbonyl (C=O) groups is 2. The van der Waals surface area contributed by atoms with Gasteiger partial charge in [-0.1, -0.05) is 13.3 Å². The van der Waals surface area contributed by atoms with Crippen LogP contribution < -0.4 is 11.1 Å². The van der Waals surface area contributed by atoms with Crippen LogP contribution in [0.3, 0.4) is 0 Å². The van der Waals surface area contributed by atoms with Gasteiger partial charge in [0.25, 0.3) is 0 Å². The van der Waals surface area contributed by atoms with Crippen LogP contribution in [0, 0.1) is 5.92 Å². The highest BCUT2D eigenvalue weighted by atomic mass is 16.4. The number of nitrogens with zero attached hydrogens (tertiary/aromatic N) is 1. The van der Waals surface area contributed by atoms with Crippen LogP contribution in [0.15, 0.2) is 18.3 Å². The van der Waals surface area contributed by atoms with Crippen molar-refractivity contribution in [3.63, 3.8) is 0 Å². The first-order valence-corrected chi connectivity index (χ1v) is 6.20. The zero-order chi connectivity index (χ0) is 14.3. The number of amides is 1. The molecule has 0 aromatic carbocycles. The minimum atomic E-state index is -0.846. The van der Waals surface area contributed by atoms with Crippen molar-refractivity contribution in [3.8, 4) is 0 Å². The Labute approximate surface area is 112 Å². The molecule has 1 atom stereocenters.